The molecule has 0 fully saturated rings. The van der Waals surface area contributed by atoms with Crippen LogP contribution in [0.3, 0.4) is 0 Å². The van der Waals surface area contributed by atoms with Crippen LogP contribution in [-0.4, -0.2) is 16.5 Å². The molecule has 1 aromatic carbocycles. The van der Waals surface area contributed by atoms with E-state index in [1.54, 1.807) is 0 Å². The Balaban J connectivity index is 2.54. The van der Waals surface area contributed by atoms with Crippen molar-refractivity contribution in [3.05, 3.63) is 59.4 Å². The summed E-state index contributed by atoms with van der Waals surface area (Å²) in [6.07, 6.45) is -2.68. The molecule has 0 unspecified atom stereocenters. The van der Waals surface area contributed by atoms with Crippen LogP contribution in [0.5, 0.6) is 0 Å². The van der Waals surface area contributed by atoms with Crippen molar-refractivity contribution < 1.29 is 18.0 Å². The van der Waals surface area contributed by atoms with Crippen LogP contribution in [0.15, 0.2) is 42.6 Å². The van der Waals surface area contributed by atoms with Crippen molar-refractivity contribution in [1.29, 1.82) is 0 Å². The largest absolute Gasteiger partial charge is 0.416 e. The molecule has 2 aromatic rings. The first-order valence-electron chi connectivity index (χ1n) is 5.43. The Morgan fingerprint density at radius 1 is 1.11 bits per heavy atom. The van der Waals surface area contributed by atoms with Gasteiger partial charge in [-0.25, -0.2) is 0 Å². The van der Waals surface area contributed by atoms with Gasteiger partial charge >= 0.3 is 6.18 Å². The molecule has 0 aliphatic rings. The molecule has 0 aliphatic carbocycles. The lowest BCUT2D eigenvalue weighted by molar-refractivity contribution is -0.138. The highest BCUT2D eigenvalue weighted by molar-refractivity contribution is 5.68. The first-order valence-corrected chi connectivity index (χ1v) is 5.43. The maximum atomic E-state index is 12.9. The van der Waals surface area contributed by atoms with Gasteiger partial charge in [0.05, 0.1) is 17.2 Å². The van der Waals surface area contributed by atoms with Crippen LogP contribution in [0.25, 0.3) is 0 Å². The molecule has 0 radical (unpaired) electrons. The zero-order valence-corrected chi connectivity index (χ0v) is 9.63. The van der Waals surface area contributed by atoms with Crippen molar-refractivity contribution >= 4 is 6.29 Å². The van der Waals surface area contributed by atoms with Gasteiger partial charge in [0.2, 0.25) is 0 Å². The summed E-state index contributed by atoms with van der Waals surface area (Å²) in [4.78, 5) is 11.1. The highest BCUT2D eigenvalue weighted by Gasteiger charge is 2.35. The third-order valence-electron chi connectivity index (χ3n) is 2.65. The van der Waals surface area contributed by atoms with Crippen molar-refractivity contribution in [1.82, 2.24) is 10.2 Å². The van der Waals surface area contributed by atoms with Gasteiger partial charge in [0.25, 0.3) is 0 Å². The highest BCUT2D eigenvalue weighted by Crippen LogP contribution is 2.36. The molecule has 98 valence electrons. The molecule has 0 bridgehead atoms. The smallest absolute Gasteiger partial charge is 0.302 e. The predicted octanol–water partition coefficient (Wildman–Crippen LogP) is 2.83. The number of rotatable bonds is 3. The molecule has 1 heterocycles. The Kier molecular flexibility index (Phi) is 3.59. The summed E-state index contributed by atoms with van der Waals surface area (Å²) < 4.78 is 38.7. The third-order valence-corrected chi connectivity index (χ3v) is 2.65. The number of aromatic nitrogens is 2. The van der Waals surface area contributed by atoms with Crippen LogP contribution in [-0.2, 0) is 11.0 Å². The van der Waals surface area contributed by atoms with Crippen LogP contribution in [0.4, 0.5) is 13.2 Å². The minimum Gasteiger partial charge on any atom is -0.302 e. The quantitative estimate of drug-likeness (QED) is 0.802. The summed E-state index contributed by atoms with van der Waals surface area (Å²) in [7, 11) is 0. The number of aldehydes is 1. The maximum Gasteiger partial charge on any atom is 0.416 e. The van der Waals surface area contributed by atoms with Gasteiger partial charge < -0.3 is 4.79 Å². The second-order valence-corrected chi connectivity index (χ2v) is 3.85. The molecule has 2 rings (SSSR count). The molecule has 0 saturated carbocycles. The summed E-state index contributed by atoms with van der Waals surface area (Å²) >= 11 is 0. The van der Waals surface area contributed by atoms with E-state index in [1.165, 1.54) is 36.5 Å². The summed E-state index contributed by atoms with van der Waals surface area (Å²) in [6.45, 7) is 0. The monoisotopic (exact) mass is 266 g/mol. The Morgan fingerprint density at radius 3 is 2.42 bits per heavy atom. The molecule has 19 heavy (non-hydrogen) atoms. The van der Waals surface area contributed by atoms with E-state index in [0.717, 1.165) is 6.07 Å². The number of alkyl halides is 3. The van der Waals surface area contributed by atoms with Gasteiger partial charge in [0.1, 0.15) is 6.29 Å². The van der Waals surface area contributed by atoms with Crippen molar-refractivity contribution in [2.75, 3.05) is 0 Å². The third kappa shape index (κ3) is 2.78. The molecule has 0 aliphatic heterocycles. The number of carbonyl (C=O) groups excluding carboxylic acids is 1. The second kappa shape index (κ2) is 5.17. The lowest BCUT2D eigenvalue weighted by Gasteiger charge is -2.16. The lowest BCUT2D eigenvalue weighted by Crippen LogP contribution is -2.14. The topological polar surface area (TPSA) is 42.9 Å². The summed E-state index contributed by atoms with van der Waals surface area (Å²) in [5.41, 5.74) is -0.766. The minimum atomic E-state index is -4.51. The van der Waals surface area contributed by atoms with Crippen molar-refractivity contribution in [2.24, 2.45) is 0 Å². The average molecular weight is 266 g/mol. The summed E-state index contributed by atoms with van der Waals surface area (Å²) in [6, 6.07) is 7.95. The standard InChI is InChI=1S/C13H9F3N2O/c14-13(15,16)11-5-2-1-4-9(11)10(8-19)12-6-3-7-17-18-12/h1-8,10H/t10-/m1/s1. The van der Waals surface area contributed by atoms with Crippen LogP contribution < -0.4 is 0 Å². The number of carbonyl (C=O) groups is 1. The molecule has 0 amide bonds. The molecule has 0 saturated heterocycles. The second-order valence-electron chi connectivity index (χ2n) is 3.85. The van der Waals surface area contributed by atoms with Gasteiger partial charge in [-0.3, -0.25) is 0 Å². The number of hydrogen-bond donors (Lipinski definition) is 0. The Hall–Kier alpha value is -2.24. The molecule has 3 nitrogen and oxygen atoms in total. The van der Waals surface area contributed by atoms with Gasteiger partial charge in [-0.15, -0.1) is 0 Å². The average Bonchev–Trinajstić information content (AvgIpc) is 2.40. The fourth-order valence-electron chi connectivity index (χ4n) is 1.81. The van der Waals surface area contributed by atoms with E-state index in [-0.39, 0.29) is 11.3 Å². The molecule has 0 N–H and O–H groups in total. The van der Waals surface area contributed by atoms with Gasteiger partial charge in [-0.05, 0) is 23.8 Å². The zero-order valence-electron chi connectivity index (χ0n) is 9.63. The first-order chi connectivity index (χ1) is 9.04. The number of halogens is 3. The Labute approximate surface area is 107 Å². The van der Waals surface area contributed by atoms with E-state index >= 15 is 0 Å². The summed E-state index contributed by atoms with van der Waals surface area (Å²) in [5, 5.41) is 7.28. The predicted molar refractivity (Wildman–Crippen MR) is 61.4 cm³/mol. The fraction of sp³-hybridized carbons (Fsp3) is 0.154. The van der Waals surface area contributed by atoms with Crippen molar-refractivity contribution in [3.63, 3.8) is 0 Å². The Morgan fingerprint density at radius 2 is 1.84 bits per heavy atom. The van der Waals surface area contributed by atoms with Crippen LogP contribution in [0.2, 0.25) is 0 Å². The molecule has 1 aromatic heterocycles. The molecular formula is C13H9F3N2O. The summed E-state index contributed by atoms with van der Waals surface area (Å²) in [5.74, 6) is -1.08. The van der Waals surface area contributed by atoms with E-state index in [0.29, 0.717) is 6.29 Å². The van der Waals surface area contributed by atoms with E-state index in [9.17, 15) is 18.0 Å². The van der Waals surface area contributed by atoms with Gasteiger partial charge in [0.15, 0.2) is 0 Å². The Bertz CT molecular complexity index is 570. The van der Waals surface area contributed by atoms with Gasteiger partial charge in [0, 0.05) is 6.20 Å². The number of hydrogen-bond acceptors (Lipinski definition) is 3. The van der Waals surface area contributed by atoms with Gasteiger partial charge in [-0.1, -0.05) is 18.2 Å². The normalized spacial score (nSPS) is 13.0. The number of nitrogens with zero attached hydrogens (tertiary/aromatic N) is 2. The van der Waals surface area contributed by atoms with Crippen LogP contribution in [0, 0.1) is 0 Å². The zero-order chi connectivity index (χ0) is 13.9. The number of benzene rings is 1. The van der Waals surface area contributed by atoms with E-state index in [1.807, 2.05) is 0 Å². The van der Waals surface area contributed by atoms with E-state index in [4.69, 9.17) is 0 Å². The first kappa shape index (κ1) is 13.2. The van der Waals surface area contributed by atoms with Crippen molar-refractivity contribution in [2.45, 2.75) is 12.1 Å². The van der Waals surface area contributed by atoms with Crippen LogP contribution >= 0.6 is 0 Å². The maximum absolute atomic E-state index is 12.9. The SMILES string of the molecule is O=C[C@@H](c1cccnn1)c1ccccc1C(F)(F)F. The molecular weight excluding hydrogens is 257 g/mol. The lowest BCUT2D eigenvalue weighted by atomic mass is 9.92. The highest BCUT2D eigenvalue weighted by atomic mass is 19.4. The van der Waals surface area contributed by atoms with Crippen LogP contribution in [0.1, 0.15) is 22.7 Å². The molecule has 6 heteroatoms. The molecule has 0 spiro atoms. The molecule has 1 atom stereocenters. The fourth-order valence-corrected chi connectivity index (χ4v) is 1.81. The van der Waals surface area contributed by atoms with Crippen molar-refractivity contribution in [3.8, 4) is 0 Å². The minimum absolute atomic E-state index is 0.120. The van der Waals surface area contributed by atoms with E-state index < -0.39 is 17.7 Å². The van der Waals surface area contributed by atoms with Gasteiger partial charge in [-0.2, -0.15) is 23.4 Å². The van der Waals surface area contributed by atoms with E-state index in [2.05, 4.69) is 10.2 Å².